The third-order valence-corrected chi connectivity index (χ3v) is 5.00. The molecule has 1 aromatic rings. The van der Waals surface area contributed by atoms with E-state index in [2.05, 4.69) is 42.0 Å². The van der Waals surface area contributed by atoms with Gasteiger partial charge in [-0.25, -0.2) is 4.39 Å². The van der Waals surface area contributed by atoms with Gasteiger partial charge in [0.1, 0.15) is 0 Å². The molecule has 1 amide bonds. The summed E-state index contributed by atoms with van der Waals surface area (Å²) in [5.41, 5.74) is 2.97. The first kappa shape index (κ1) is 17.6. The van der Waals surface area contributed by atoms with Crippen LogP contribution in [0.15, 0.2) is 18.2 Å². The SMILES string of the molecule is CCCCc1ccc(N2CC(F)(Br)C2=O)c(CO[Si](C)C)c1. The van der Waals surface area contributed by atoms with Crippen molar-refractivity contribution >= 4 is 36.6 Å². The van der Waals surface area contributed by atoms with Crippen molar-refractivity contribution in [3.05, 3.63) is 29.3 Å². The fourth-order valence-corrected chi connectivity index (χ4v) is 3.32. The summed E-state index contributed by atoms with van der Waals surface area (Å²) in [7, 11) is -0.815. The van der Waals surface area contributed by atoms with E-state index < -0.39 is 19.5 Å². The summed E-state index contributed by atoms with van der Waals surface area (Å²) in [5, 5.41) is 0. The van der Waals surface area contributed by atoms with Crippen molar-refractivity contribution in [2.75, 3.05) is 11.4 Å². The lowest BCUT2D eigenvalue weighted by atomic mass is 10.0. The van der Waals surface area contributed by atoms with Crippen LogP contribution in [0.25, 0.3) is 0 Å². The lowest BCUT2D eigenvalue weighted by Gasteiger charge is -2.40. The minimum atomic E-state index is -1.91. The molecule has 0 spiro atoms. The molecule has 0 saturated carbocycles. The summed E-state index contributed by atoms with van der Waals surface area (Å²) in [6, 6.07) is 6.04. The van der Waals surface area contributed by atoms with Gasteiger partial charge in [0.15, 0.2) is 0 Å². The number of carbonyl (C=O) groups is 1. The zero-order valence-corrected chi connectivity index (χ0v) is 15.9. The number of β-lactam (4-membered cyclic amide) rings is 1. The number of nitrogens with zero attached hydrogens (tertiary/aromatic N) is 1. The number of aryl methyl sites for hydroxylation is 1. The van der Waals surface area contributed by atoms with E-state index in [-0.39, 0.29) is 6.54 Å². The summed E-state index contributed by atoms with van der Waals surface area (Å²) >= 11 is 2.82. The van der Waals surface area contributed by atoms with Gasteiger partial charge in [-0.1, -0.05) is 25.5 Å². The Morgan fingerprint density at radius 2 is 2.18 bits per heavy atom. The van der Waals surface area contributed by atoms with Crippen LogP contribution in [0.3, 0.4) is 0 Å². The Balaban J connectivity index is 2.22. The van der Waals surface area contributed by atoms with E-state index in [1.807, 2.05) is 12.1 Å². The molecule has 1 heterocycles. The first-order chi connectivity index (χ1) is 10.3. The van der Waals surface area contributed by atoms with E-state index in [4.69, 9.17) is 4.43 Å². The zero-order valence-electron chi connectivity index (χ0n) is 13.3. The van der Waals surface area contributed by atoms with Crippen LogP contribution in [0.2, 0.25) is 13.1 Å². The number of hydrogen-bond acceptors (Lipinski definition) is 2. The number of halogens is 2. The molecule has 6 heteroatoms. The third kappa shape index (κ3) is 3.97. The highest BCUT2D eigenvalue weighted by Gasteiger charge is 2.52. The fourth-order valence-electron chi connectivity index (χ4n) is 2.42. The van der Waals surface area contributed by atoms with Crippen molar-refractivity contribution in [3.63, 3.8) is 0 Å². The van der Waals surface area contributed by atoms with E-state index in [1.165, 1.54) is 10.5 Å². The Bertz CT molecular complexity index is 551. The highest BCUT2D eigenvalue weighted by molar-refractivity contribution is 9.10. The Morgan fingerprint density at radius 1 is 1.45 bits per heavy atom. The molecule has 0 N–H and O–H groups in total. The molecule has 1 unspecified atom stereocenters. The van der Waals surface area contributed by atoms with E-state index >= 15 is 0 Å². The molecule has 121 valence electrons. The van der Waals surface area contributed by atoms with Gasteiger partial charge in [-0.2, -0.15) is 0 Å². The van der Waals surface area contributed by atoms with Gasteiger partial charge in [0.25, 0.3) is 10.5 Å². The monoisotopic (exact) mass is 386 g/mol. The molecule has 3 nitrogen and oxygen atoms in total. The van der Waals surface area contributed by atoms with Gasteiger partial charge >= 0.3 is 0 Å². The van der Waals surface area contributed by atoms with Gasteiger partial charge in [-0.05, 0) is 53.5 Å². The molecule has 22 heavy (non-hydrogen) atoms. The van der Waals surface area contributed by atoms with E-state index in [0.29, 0.717) is 6.61 Å². The summed E-state index contributed by atoms with van der Waals surface area (Å²) in [6.07, 6.45) is 3.29. The average Bonchev–Trinajstić information content (AvgIpc) is 2.48. The van der Waals surface area contributed by atoms with Crippen molar-refractivity contribution in [2.24, 2.45) is 0 Å². The Kier molecular flexibility index (Phi) is 5.80. The van der Waals surface area contributed by atoms with Crippen LogP contribution in [-0.4, -0.2) is 26.1 Å². The van der Waals surface area contributed by atoms with Crippen molar-refractivity contribution < 1.29 is 13.6 Å². The lowest BCUT2D eigenvalue weighted by Crippen LogP contribution is -2.61. The third-order valence-electron chi connectivity index (χ3n) is 3.68. The number of benzene rings is 1. The summed E-state index contributed by atoms with van der Waals surface area (Å²) in [4.78, 5) is 13.4. The molecule has 0 bridgehead atoms. The number of anilines is 1. The van der Waals surface area contributed by atoms with E-state index in [9.17, 15) is 9.18 Å². The second-order valence-corrected chi connectivity index (χ2v) is 9.22. The average molecular weight is 387 g/mol. The topological polar surface area (TPSA) is 29.5 Å². The molecule has 1 saturated heterocycles. The molecule has 0 aromatic heterocycles. The van der Waals surface area contributed by atoms with Crippen LogP contribution in [0.5, 0.6) is 0 Å². The minimum absolute atomic E-state index is 0.0448. The largest absolute Gasteiger partial charge is 0.413 e. The molecule has 1 aliphatic heterocycles. The van der Waals surface area contributed by atoms with Gasteiger partial charge in [0.05, 0.1) is 13.2 Å². The second-order valence-electron chi connectivity index (χ2n) is 5.86. The van der Waals surface area contributed by atoms with Crippen LogP contribution in [-0.2, 0) is 22.2 Å². The number of unbranched alkanes of at least 4 members (excludes halogenated alkanes) is 1. The van der Waals surface area contributed by atoms with Crippen LogP contribution in [0.4, 0.5) is 10.1 Å². The van der Waals surface area contributed by atoms with Crippen molar-refractivity contribution in [1.82, 2.24) is 0 Å². The fraction of sp³-hybridized carbons (Fsp3) is 0.562. The quantitative estimate of drug-likeness (QED) is 0.399. The van der Waals surface area contributed by atoms with Gasteiger partial charge in [-0.15, -0.1) is 0 Å². The van der Waals surface area contributed by atoms with Crippen LogP contribution in [0, 0.1) is 0 Å². The minimum Gasteiger partial charge on any atom is -0.413 e. The van der Waals surface area contributed by atoms with Crippen molar-refractivity contribution in [2.45, 2.75) is 50.5 Å². The summed E-state index contributed by atoms with van der Waals surface area (Å²) in [5.74, 6) is -0.534. The van der Waals surface area contributed by atoms with Gasteiger partial charge in [-0.3, -0.25) is 4.79 Å². The molecule has 0 aliphatic carbocycles. The zero-order chi connectivity index (χ0) is 16.3. The smallest absolute Gasteiger partial charge is 0.277 e. The first-order valence-corrected chi connectivity index (χ1v) is 10.8. The summed E-state index contributed by atoms with van der Waals surface area (Å²) < 4.78 is 17.6. The Morgan fingerprint density at radius 3 is 2.73 bits per heavy atom. The molecular weight excluding hydrogens is 365 g/mol. The highest BCUT2D eigenvalue weighted by Crippen LogP contribution is 2.38. The predicted molar refractivity (Wildman–Crippen MR) is 92.4 cm³/mol. The van der Waals surface area contributed by atoms with Crippen molar-refractivity contribution in [1.29, 1.82) is 0 Å². The highest BCUT2D eigenvalue weighted by atomic mass is 79.9. The molecule has 1 radical (unpaired) electrons. The maximum atomic E-state index is 13.7. The number of hydrogen-bond donors (Lipinski definition) is 0. The first-order valence-electron chi connectivity index (χ1n) is 7.59. The van der Waals surface area contributed by atoms with Gasteiger partial charge in [0.2, 0.25) is 9.04 Å². The molecule has 1 atom stereocenters. The number of rotatable bonds is 7. The molecular formula is C16H22BrFNO2Si. The maximum Gasteiger partial charge on any atom is 0.277 e. The molecule has 2 rings (SSSR count). The second kappa shape index (κ2) is 7.23. The van der Waals surface area contributed by atoms with Gasteiger partial charge < -0.3 is 9.33 Å². The lowest BCUT2D eigenvalue weighted by molar-refractivity contribution is -0.130. The summed E-state index contributed by atoms with van der Waals surface area (Å²) in [6.45, 7) is 6.83. The Labute approximate surface area is 141 Å². The standard InChI is InChI=1S/C16H22BrFNO2Si/c1-4-5-6-12-7-8-14(13(9-12)10-21-22(2)3)19-11-16(17,18)15(19)20/h7-9H,4-6,10-11H2,1-3H3. The van der Waals surface area contributed by atoms with Crippen LogP contribution >= 0.6 is 15.9 Å². The predicted octanol–water partition coefficient (Wildman–Crippen LogP) is 4.20. The number of alkyl halides is 2. The normalized spacial score (nSPS) is 21.4. The van der Waals surface area contributed by atoms with Crippen LogP contribution in [0.1, 0.15) is 30.9 Å². The number of carbonyl (C=O) groups excluding carboxylic acids is 1. The molecule has 1 fully saturated rings. The van der Waals surface area contributed by atoms with Crippen molar-refractivity contribution in [3.8, 4) is 0 Å². The van der Waals surface area contributed by atoms with Crippen LogP contribution < -0.4 is 4.90 Å². The molecule has 1 aromatic carbocycles. The number of amides is 1. The molecule has 1 aliphatic rings. The Hall–Kier alpha value is -0.723. The van der Waals surface area contributed by atoms with E-state index in [0.717, 1.165) is 30.5 Å². The van der Waals surface area contributed by atoms with Gasteiger partial charge in [0, 0.05) is 11.3 Å². The van der Waals surface area contributed by atoms with E-state index in [1.54, 1.807) is 0 Å². The maximum absolute atomic E-state index is 13.7.